The molecule has 0 aliphatic rings. The van der Waals surface area contributed by atoms with Crippen LogP contribution >= 0.6 is 22.9 Å². The van der Waals surface area contributed by atoms with Crippen LogP contribution in [0.4, 0.5) is 0 Å². The lowest BCUT2D eigenvalue weighted by Gasteiger charge is -2.20. The third kappa shape index (κ3) is 5.49. The maximum Gasteiger partial charge on any atom is 0.234 e. The van der Waals surface area contributed by atoms with Crippen LogP contribution in [0.1, 0.15) is 25.6 Å². The number of rotatable bonds is 4. The summed E-state index contributed by atoms with van der Waals surface area (Å²) in [6.45, 7) is 6.89. The van der Waals surface area contributed by atoms with Crippen molar-refractivity contribution in [3.05, 3.63) is 21.3 Å². The number of hydrogen-bond acceptors (Lipinski definition) is 3. The molecule has 0 radical (unpaired) electrons. The molecule has 1 aromatic rings. The van der Waals surface area contributed by atoms with Gasteiger partial charge in [-0.15, -0.1) is 11.3 Å². The molecule has 0 aliphatic heterocycles. The topological polar surface area (TPSA) is 41.1 Å². The summed E-state index contributed by atoms with van der Waals surface area (Å²) < 4.78 is 0. The summed E-state index contributed by atoms with van der Waals surface area (Å²) in [5.41, 5.74) is -0.176. The largest absolute Gasteiger partial charge is 0.350 e. The molecule has 2 N–H and O–H groups in total. The lowest BCUT2D eigenvalue weighted by Crippen LogP contribution is -2.44. The zero-order chi connectivity index (χ0) is 12.2. The molecule has 0 atom stereocenters. The third-order valence-corrected chi connectivity index (χ3v) is 3.01. The van der Waals surface area contributed by atoms with E-state index in [9.17, 15) is 4.79 Å². The zero-order valence-corrected chi connectivity index (χ0v) is 11.3. The van der Waals surface area contributed by atoms with Crippen molar-refractivity contribution >= 4 is 28.8 Å². The molecule has 90 valence electrons. The normalized spacial score (nSPS) is 11.5. The Balaban J connectivity index is 2.23. The van der Waals surface area contributed by atoms with Crippen molar-refractivity contribution in [1.82, 2.24) is 10.6 Å². The predicted molar refractivity (Wildman–Crippen MR) is 68.9 cm³/mol. The fraction of sp³-hybridized carbons (Fsp3) is 0.545. The van der Waals surface area contributed by atoms with Crippen LogP contribution in [-0.4, -0.2) is 18.0 Å². The van der Waals surface area contributed by atoms with Crippen molar-refractivity contribution < 1.29 is 4.79 Å². The Kier molecular flexibility index (Phi) is 4.77. The van der Waals surface area contributed by atoms with Gasteiger partial charge in [0.25, 0.3) is 0 Å². The van der Waals surface area contributed by atoms with E-state index in [2.05, 4.69) is 10.6 Å². The second-order valence-electron chi connectivity index (χ2n) is 4.63. The summed E-state index contributed by atoms with van der Waals surface area (Å²) in [5, 5.41) is 8.60. The average Bonchev–Trinajstić information content (AvgIpc) is 2.48. The van der Waals surface area contributed by atoms with Crippen LogP contribution in [0.2, 0.25) is 5.02 Å². The van der Waals surface area contributed by atoms with Crippen molar-refractivity contribution in [1.29, 1.82) is 0 Å². The summed E-state index contributed by atoms with van der Waals surface area (Å²) in [4.78, 5) is 12.6. The van der Waals surface area contributed by atoms with E-state index in [4.69, 9.17) is 11.6 Å². The van der Waals surface area contributed by atoms with Crippen LogP contribution in [0.5, 0.6) is 0 Å². The minimum atomic E-state index is -0.176. The van der Waals surface area contributed by atoms with Gasteiger partial charge in [-0.3, -0.25) is 4.79 Å². The zero-order valence-electron chi connectivity index (χ0n) is 9.76. The predicted octanol–water partition coefficient (Wildman–Crippen LogP) is 2.41. The fourth-order valence-corrected chi connectivity index (χ4v) is 2.25. The Morgan fingerprint density at radius 1 is 1.50 bits per heavy atom. The molecule has 1 aromatic heterocycles. The molecule has 0 saturated carbocycles. The van der Waals surface area contributed by atoms with Crippen molar-refractivity contribution in [2.45, 2.75) is 32.9 Å². The Hall–Kier alpha value is -0.580. The van der Waals surface area contributed by atoms with Gasteiger partial charge < -0.3 is 10.6 Å². The molecule has 0 aromatic carbocycles. The van der Waals surface area contributed by atoms with Gasteiger partial charge in [-0.2, -0.15) is 0 Å². The third-order valence-electron chi connectivity index (χ3n) is 1.72. The Labute approximate surface area is 105 Å². The van der Waals surface area contributed by atoms with Gasteiger partial charge in [0.2, 0.25) is 5.91 Å². The highest BCUT2D eigenvalue weighted by atomic mass is 35.5. The van der Waals surface area contributed by atoms with E-state index in [1.807, 2.05) is 32.2 Å². The number of carbonyl (C=O) groups is 1. The van der Waals surface area contributed by atoms with Crippen LogP contribution in [0, 0.1) is 0 Å². The molecule has 3 nitrogen and oxygen atoms in total. The second kappa shape index (κ2) is 5.66. The van der Waals surface area contributed by atoms with Crippen molar-refractivity contribution in [3.63, 3.8) is 0 Å². The van der Waals surface area contributed by atoms with Gasteiger partial charge >= 0.3 is 0 Å². The standard InChI is InChI=1S/C11H17ClN2OS/c1-11(2,3)14-10(15)6-13-5-9-4-8(12)7-16-9/h4,7,13H,5-6H2,1-3H3,(H,14,15). The second-order valence-corrected chi connectivity index (χ2v) is 6.07. The summed E-state index contributed by atoms with van der Waals surface area (Å²) in [5.74, 6) is 0.00940. The van der Waals surface area contributed by atoms with Gasteiger partial charge in [0, 0.05) is 22.3 Å². The molecule has 0 aliphatic carbocycles. The molecule has 0 spiro atoms. The van der Waals surface area contributed by atoms with Gasteiger partial charge in [-0.1, -0.05) is 11.6 Å². The van der Waals surface area contributed by atoms with Gasteiger partial charge in [0.15, 0.2) is 0 Å². The first-order chi connectivity index (χ1) is 7.37. The maximum atomic E-state index is 11.5. The molecule has 1 rings (SSSR count). The molecule has 16 heavy (non-hydrogen) atoms. The minimum absolute atomic E-state index is 0.00940. The number of nitrogens with one attached hydrogen (secondary N) is 2. The Bertz CT molecular complexity index is 357. The molecule has 1 heterocycles. The molecule has 1 amide bonds. The quantitative estimate of drug-likeness (QED) is 0.873. The first-order valence-corrected chi connectivity index (χ1v) is 6.37. The summed E-state index contributed by atoms with van der Waals surface area (Å²) in [6.07, 6.45) is 0. The van der Waals surface area contributed by atoms with Crippen LogP contribution in [0.25, 0.3) is 0 Å². The van der Waals surface area contributed by atoms with Crippen molar-refractivity contribution in [2.24, 2.45) is 0 Å². The molecule has 0 saturated heterocycles. The average molecular weight is 261 g/mol. The van der Waals surface area contributed by atoms with Gasteiger partial charge in [-0.05, 0) is 26.8 Å². The van der Waals surface area contributed by atoms with Gasteiger partial charge in [0.05, 0.1) is 11.6 Å². The number of halogens is 1. The highest BCUT2D eigenvalue weighted by Crippen LogP contribution is 2.18. The first-order valence-electron chi connectivity index (χ1n) is 5.11. The summed E-state index contributed by atoms with van der Waals surface area (Å²) in [7, 11) is 0. The number of hydrogen-bond donors (Lipinski definition) is 2. The summed E-state index contributed by atoms with van der Waals surface area (Å²) >= 11 is 7.38. The van der Waals surface area contributed by atoms with Crippen LogP contribution in [0.3, 0.4) is 0 Å². The molecule has 0 bridgehead atoms. The smallest absolute Gasteiger partial charge is 0.234 e. The number of thiophene rings is 1. The van der Waals surface area contributed by atoms with Gasteiger partial charge in [-0.25, -0.2) is 0 Å². The molecule has 5 heteroatoms. The highest BCUT2D eigenvalue weighted by Gasteiger charge is 2.12. The molecule has 0 unspecified atom stereocenters. The SMILES string of the molecule is CC(C)(C)NC(=O)CNCc1cc(Cl)cs1. The van der Waals surface area contributed by atoms with E-state index in [-0.39, 0.29) is 11.4 Å². The van der Waals surface area contributed by atoms with Crippen LogP contribution < -0.4 is 10.6 Å². The number of amides is 1. The van der Waals surface area contributed by atoms with Crippen LogP contribution in [-0.2, 0) is 11.3 Å². The molecule has 0 fully saturated rings. The fourth-order valence-electron chi connectivity index (χ4n) is 1.21. The van der Waals surface area contributed by atoms with E-state index in [0.717, 1.165) is 9.90 Å². The maximum absolute atomic E-state index is 11.5. The van der Waals surface area contributed by atoms with E-state index in [1.54, 1.807) is 11.3 Å². The Morgan fingerprint density at radius 2 is 2.19 bits per heavy atom. The lowest BCUT2D eigenvalue weighted by molar-refractivity contribution is -0.121. The minimum Gasteiger partial charge on any atom is -0.350 e. The highest BCUT2D eigenvalue weighted by molar-refractivity contribution is 7.10. The van der Waals surface area contributed by atoms with E-state index < -0.39 is 0 Å². The molecular formula is C11H17ClN2OS. The van der Waals surface area contributed by atoms with E-state index in [0.29, 0.717) is 13.1 Å². The first kappa shape index (κ1) is 13.5. The van der Waals surface area contributed by atoms with Crippen molar-refractivity contribution in [2.75, 3.05) is 6.54 Å². The van der Waals surface area contributed by atoms with Crippen molar-refractivity contribution in [3.8, 4) is 0 Å². The molecular weight excluding hydrogens is 244 g/mol. The Morgan fingerprint density at radius 3 is 2.69 bits per heavy atom. The monoisotopic (exact) mass is 260 g/mol. The van der Waals surface area contributed by atoms with E-state index >= 15 is 0 Å². The number of carbonyl (C=O) groups excluding carboxylic acids is 1. The van der Waals surface area contributed by atoms with Gasteiger partial charge in [0.1, 0.15) is 0 Å². The van der Waals surface area contributed by atoms with E-state index in [1.165, 1.54) is 0 Å². The summed E-state index contributed by atoms with van der Waals surface area (Å²) in [6, 6.07) is 1.90. The lowest BCUT2D eigenvalue weighted by atomic mass is 10.1. The van der Waals surface area contributed by atoms with Crippen LogP contribution in [0.15, 0.2) is 11.4 Å².